The fraction of sp³-hybridized carbons (Fsp3) is 0.588. The van der Waals surface area contributed by atoms with Gasteiger partial charge in [0.2, 0.25) is 5.95 Å². The average Bonchev–Trinajstić information content (AvgIpc) is 2.46. The Hall–Kier alpha value is -2.18. The van der Waals surface area contributed by atoms with Crippen LogP contribution < -0.4 is 0 Å². The summed E-state index contributed by atoms with van der Waals surface area (Å²) in [6, 6.07) is 3.64. The number of hydrogen-bond donors (Lipinski definition) is 1. The molecule has 1 N–H and O–H groups in total. The van der Waals surface area contributed by atoms with Crippen molar-refractivity contribution < 1.29 is 23.8 Å². The predicted molar refractivity (Wildman–Crippen MR) is 87.4 cm³/mol. The molecule has 1 aromatic rings. The molecule has 6 nitrogen and oxygen atoms in total. The van der Waals surface area contributed by atoms with Gasteiger partial charge in [0, 0.05) is 24.3 Å². The summed E-state index contributed by atoms with van der Waals surface area (Å²) in [5, 5.41) is 6.89. The van der Waals surface area contributed by atoms with Gasteiger partial charge in [0.05, 0.1) is 0 Å². The van der Waals surface area contributed by atoms with Crippen LogP contribution in [0.25, 0.3) is 0 Å². The molecule has 7 heteroatoms. The van der Waals surface area contributed by atoms with Crippen LogP contribution in [0.5, 0.6) is 0 Å². The van der Waals surface area contributed by atoms with Crippen LogP contribution in [0.4, 0.5) is 9.18 Å². The lowest BCUT2D eigenvalue weighted by atomic mass is 9.90. The lowest BCUT2D eigenvalue weighted by molar-refractivity contribution is -0.122. The molecule has 0 bridgehead atoms. The van der Waals surface area contributed by atoms with E-state index in [1.807, 2.05) is 32.9 Å². The van der Waals surface area contributed by atoms with E-state index in [1.165, 1.54) is 0 Å². The van der Waals surface area contributed by atoms with Crippen LogP contribution in [0, 0.1) is 12.9 Å². The van der Waals surface area contributed by atoms with Gasteiger partial charge in [-0.25, -0.2) is 9.78 Å². The highest BCUT2D eigenvalue weighted by atomic mass is 19.1. The van der Waals surface area contributed by atoms with Crippen molar-refractivity contribution in [1.82, 2.24) is 9.88 Å². The number of pyridine rings is 1. The van der Waals surface area contributed by atoms with Crippen molar-refractivity contribution in [2.75, 3.05) is 13.1 Å². The maximum Gasteiger partial charge on any atom is 0.410 e. The zero-order valence-corrected chi connectivity index (χ0v) is 14.6. The van der Waals surface area contributed by atoms with Crippen molar-refractivity contribution in [1.29, 1.82) is 0 Å². The van der Waals surface area contributed by atoms with Crippen LogP contribution in [-0.4, -0.2) is 46.2 Å². The van der Waals surface area contributed by atoms with E-state index in [0.29, 0.717) is 24.3 Å². The molecule has 0 unspecified atom stereocenters. The van der Waals surface area contributed by atoms with Gasteiger partial charge in [-0.1, -0.05) is 6.07 Å². The van der Waals surface area contributed by atoms with E-state index >= 15 is 0 Å². The number of rotatable bonds is 1. The maximum atomic E-state index is 13.9. The summed E-state index contributed by atoms with van der Waals surface area (Å²) < 4.78 is 19.3. The maximum absolute atomic E-state index is 13.9. The molecule has 1 saturated heterocycles. The average molecular weight is 340 g/mol. The molecule has 0 aliphatic carbocycles. The molecular weight excluding hydrogens is 315 g/mol. The predicted octanol–water partition coefficient (Wildman–Crippen LogP) is 3.34. The van der Waals surface area contributed by atoms with Gasteiger partial charge < -0.3 is 14.7 Å². The Kier molecular flexibility index (Phi) is 7.13. The molecule has 2 rings (SSSR count). The highest BCUT2D eigenvalue weighted by Gasteiger charge is 2.28. The Morgan fingerprint density at radius 2 is 1.92 bits per heavy atom. The van der Waals surface area contributed by atoms with Crippen LogP contribution in [0.1, 0.15) is 50.8 Å². The highest BCUT2D eigenvalue weighted by Crippen LogP contribution is 2.30. The second-order valence-electron chi connectivity index (χ2n) is 6.68. The molecule has 134 valence electrons. The SMILES string of the molecule is Cc1ccc(C2CCN(C(=O)OC(C)(C)C)CC2)c(F)n1.O=CO. The summed E-state index contributed by atoms with van der Waals surface area (Å²) in [6.45, 7) is 8.26. The first kappa shape index (κ1) is 19.9. The summed E-state index contributed by atoms with van der Waals surface area (Å²) in [4.78, 5) is 25.9. The summed E-state index contributed by atoms with van der Waals surface area (Å²) in [7, 11) is 0. The van der Waals surface area contributed by atoms with Crippen molar-refractivity contribution in [3.8, 4) is 0 Å². The minimum absolute atomic E-state index is 0.122. The minimum atomic E-state index is -0.485. The van der Waals surface area contributed by atoms with Gasteiger partial charge in [0.25, 0.3) is 6.47 Å². The summed E-state index contributed by atoms with van der Waals surface area (Å²) in [6.07, 6.45) is 1.19. The zero-order valence-electron chi connectivity index (χ0n) is 14.6. The molecular formula is C17H25FN2O4. The van der Waals surface area contributed by atoms with Crippen molar-refractivity contribution in [2.24, 2.45) is 0 Å². The zero-order chi connectivity index (χ0) is 18.3. The largest absolute Gasteiger partial charge is 0.483 e. The second-order valence-corrected chi connectivity index (χ2v) is 6.68. The lowest BCUT2D eigenvalue weighted by Crippen LogP contribution is -2.41. The van der Waals surface area contributed by atoms with E-state index < -0.39 is 5.60 Å². The first-order valence-corrected chi connectivity index (χ1v) is 7.86. The molecule has 1 aliphatic heterocycles. The quantitative estimate of drug-likeness (QED) is 0.626. The molecule has 1 fully saturated rings. The van der Waals surface area contributed by atoms with Crippen LogP contribution in [0.2, 0.25) is 0 Å². The number of aromatic nitrogens is 1. The molecule has 0 atom stereocenters. The Bertz CT molecular complexity index is 564. The van der Waals surface area contributed by atoms with Gasteiger partial charge in [0.15, 0.2) is 0 Å². The molecule has 0 spiro atoms. The number of carboxylic acid groups (broad SMARTS) is 1. The van der Waals surface area contributed by atoms with E-state index in [1.54, 1.807) is 11.8 Å². The molecule has 0 radical (unpaired) electrons. The number of aryl methyl sites for hydroxylation is 1. The van der Waals surface area contributed by atoms with Gasteiger partial charge in [-0.05, 0) is 52.5 Å². The number of carbonyl (C=O) groups is 2. The normalized spacial score (nSPS) is 15.3. The molecule has 0 aromatic carbocycles. The van der Waals surface area contributed by atoms with Gasteiger partial charge in [-0.3, -0.25) is 4.79 Å². The number of amides is 1. The highest BCUT2D eigenvalue weighted by molar-refractivity contribution is 5.68. The van der Waals surface area contributed by atoms with Crippen LogP contribution in [0.3, 0.4) is 0 Å². The standard InChI is InChI=1S/C16H23FN2O2.CH2O2/c1-11-5-6-13(14(17)18-11)12-7-9-19(10-8-12)15(20)21-16(2,3)4;2-1-3/h5-6,12H,7-10H2,1-4H3;1H,(H,2,3). The van der Waals surface area contributed by atoms with Gasteiger partial charge >= 0.3 is 6.09 Å². The smallest absolute Gasteiger partial charge is 0.410 e. The topological polar surface area (TPSA) is 79.7 Å². The number of piperidine rings is 1. The van der Waals surface area contributed by atoms with Gasteiger partial charge in [-0.2, -0.15) is 4.39 Å². The van der Waals surface area contributed by atoms with Crippen LogP contribution in [0.15, 0.2) is 12.1 Å². The monoisotopic (exact) mass is 340 g/mol. The minimum Gasteiger partial charge on any atom is -0.483 e. The van der Waals surface area contributed by atoms with Crippen molar-refractivity contribution in [2.45, 2.75) is 52.1 Å². The fourth-order valence-electron chi connectivity index (χ4n) is 2.54. The second kappa shape index (κ2) is 8.61. The third-order valence-electron chi connectivity index (χ3n) is 3.60. The summed E-state index contributed by atoms with van der Waals surface area (Å²) >= 11 is 0. The fourth-order valence-corrected chi connectivity index (χ4v) is 2.54. The van der Waals surface area contributed by atoms with Crippen molar-refractivity contribution in [3.63, 3.8) is 0 Å². The number of carbonyl (C=O) groups excluding carboxylic acids is 1. The van der Waals surface area contributed by atoms with E-state index in [-0.39, 0.29) is 24.4 Å². The molecule has 0 saturated carbocycles. The number of ether oxygens (including phenoxy) is 1. The lowest BCUT2D eigenvalue weighted by Gasteiger charge is -2.33. The van der Waals surface area contributed by atoms with Crippen molar-refractivity contribution in [3.05, 3.63) is 29.3 Å². The molecule has 1 amide bonds. The van der Waals surface area contributed by atoms with Crippen LogP contribution >= 0.6 is 0 Å². The number of nitrogens with zero attached hydrogens (tertiary/aromatic N) is 2. The molecule has 1 aromatic heterocycles. The summed E-state index contributed by atoms with van der Waals surface area (Å²) in [5.74, 6) is -0.262. The Labute approximate surface area is 141 Å². The summed E-state index contributed by atoms with van der Waals surface area (Å²) in [5.41, 5.74) is 0.855. The Morgan fingerprint density at radius 1 is 1.38 bits per heavy atom. The number of hydrogen-bond acceptors (Lipinski definition) is 4. The van der Waals surface area contributed by atoms with E-state index in [4.69, 9.17) is 14.6 Å². The van der Waals surface area contributed by atoms with Crippen LogP contribution in [-0.2, 0) is 9.53 Å². The van der Waals surface area contributed by atoms with E-state index in [0.717, 1.165) is 12.8 Å². The van der Waals surface area contributed by atoms with Gasteiger partial charge in [0.1, 0.15) is 5.60 Å². The molecule has 1 aliphatic rings. The first-order valence-electron chi connectivity index (χ1n) is 7.86. The Morgan fingerprint density at radius 3 is 2.38 bits per heavy atom. The third kappa shape index (κ3) is 6.14. The van der Waals surface area contributed by atoms with Gasteiger partial charge in [-0.15, -0.1) is 0 Å². The number of likely N-dealkylation sites (tertiary alicyclic amines) is 1. The van der Waals surface area contributed by atoms with E-state index in [2.05, 4.69) is 4.98 Å². The Balaban J connectivity index is 0.000000891. The molecule has 2 heterocycles. The first-order chi connectivity index (χ1) is 11.2. The third-order valence-corrected chi connectivity index (χ3v) is 3.60. The molecule has 24 heavy (non-hydrogen) atoms. The van der Waals surface area contributed by atoms with E-state index in [9.17, 15) is 9.18 Å². The number of halogens is 1. The van der Waals surface area contributed by atoms with Crippen molar-refractivity contribution >= 4 is 12.6 Å².